The molecule has 0 bridgehead atoms. The van der Waals surface area contributed by atoms with E-state index in [0.717, 1.165) is 0 Å². The number of esters is 1. The summed E-state index contributed by atoms with van der Waals surface area (Å²) in [5.74, 6) is -0.387. The van der Waals surface area contributed by atoms with Gasteiger partial charge >= 0.3 is 5.97 Å². The summed E-state index contributed by atoms with van der Waals surface area (Å²) in [4.78, 5) is 11.1. The minimum atomic E-state index is -3.61. The molecule has 0 aromatic heterocycles. The Balaban J connectivity index is 2.43. The highest BCUT2D eigenvalue weighted by Gasteiger charge is 2.20. The molecule has 0 saturated heterocycles. The standard InChI is InChI=1S/C12H18N2O5S/c1-9(12(15)18-2)14-20(16,17)8-7-19-11-5-3-10(13)4-6-11/h3-6,9,14H,7-8,13H2,1-2H3. The number of hydrogen-bond donors (Lipinski definition) is 2. The first-order valence-electron chi connectivity index (χ1n) is 5.90. The summed E-state index contributed by atoms with van der Waals surface area (Å²) in [7, 11) is -2.42. The van der Waals surface area contributed by atoms with Gasteiger partial charge in [-0.3, -0.25) is 4.79 Å². The normalized spacial score (nSPS) is 12.7. The van der Waals surface area contributed by atoms with Gasteiger partial charge in [-0.1, -0.05) is 0 Å². The van der Waals surface area contributed by atoms with Gasteiger partial charge in [0.15, 0.2) is 0 Å². The third-order valence-corrected chi connectivity index (χ3v) is 3.83. The van der Waals surface area contributed by atoms with Gasteiger partial charge in [-0.05, 0) is 31.2 Å². The zero-order chi connectivity index (χ0) is 15.2. The summed E-state index contributed by atoms with van der Waals surface area (Å²) in [5.41, 5.74) is 6.11. The van der Waals surface area contributed by atoms with Crippen LogP contribution in [0, 0.1) is 0 Å². The fourth-order valence-electron chi connectivity index (χ4n) is 1.39. The Kier molecular flexibility index (Phi) is 5.78. The van der Waals surface area contributed by atoms with E-state index in [1.165, 1.54) is 14.0 Å². The monoisotopic (exact) mass is 302 g/mol. The molecule has 7 nitrogen and oxygen atoms in total. The Morgan fingerprint density at radius 2 is 1.95 bits per heavy atom. The fourth-order valence-corrected chi connectivity index (χ4v) is 2.44. The number of ether oxygens (including phenoxy) is 2. The van der Waals surface area contributed by atoms with Gasteiger partial charge in [0.1, 0.15) is 18.4 Å². The third kappa shape index (κ3) is 5.45. The Bertz CT molecular complexity index is 541. The molecule has 20 heavy (non-hydrogen) atoms. The average molecular weight is 302 g/mol. The van der Waals surface area contributed by atoms with Gasteiger partial charge in [-0.2, -0.15) is 0 Å². The second kappa shape index (κ2) is 7.11. The number of anilines is 1. The molecule has 1 rings (SSSR count). The predicted octanol–water partition coefficient (Wildman–Crippen LogP) is 0.129. The first-order valence-corrected chi connectivity index (χ1v) is 7.55. The van der Waals surface area contributed by atoms with E-state index >= 15 is 0 Å². The number of benzene rings is 1. The predicted molar refractivity (Wildman–Crippen MR) is 74.7 cm³/mol. The Hall–Kier alpha value is -1.80. The number of sulfonamides is 1. The van der Waals surface area contributed by atoms with Crippen LogP contribution < -0.4 is 15.2 Å². The molecule has 0 aliphatic carbocycles. The van der Waals surface area contributed by atoms with E-state index in [1.54, 1.807) is 24.3 Å². The van der Waals surface area contributed by atoms with E-state index in [1.807, 2.05) is 0 Å². The molecule has 8 heteroatoms. The smallest absolute Gasteiger partial charge is 0.323 e. The molecule has 0 radical (unpaired) electrons. The van der Waals surface area contributed by atoms with Crippen LogP contribution in [-0.4, -0.2) is 39.9 Å². The van der Waals surface area contributed by atoms with Crippen LogP contribution in [0.15, 0.2) is 24.3 Å². The van der Waals surface area contributed by atoms with Crippen molar-refractivity contribution in [2.24, 2.45) is 0 Å². The van der Waals surface area contributed by atoms with Gasteiger partial charge in [-0.15, -0.1) is 0 Å². The Morgan fingerprint density at radius 3 is 2.50 bits per heavy atom. The molecule has 0 aliphatic rings. The van der Waals surface area contributed by atoms with E-state index in [-0.39, 0.29) is 12.4 Å². The van der Waals surface area contributed by atoms with Gasteiger partial charge in [0, 0.05) is 5.69 Å². The van der Waals surface area contributed by atoms with Crippen LogP contribution in [0.1, 0.15) is 6.92 Å². The molecule has 3 N–H and O–H groups in total. The van der Waals surface area contributed by atoms with Crippen molar-refractivity contribution in [1.29, 1.82) is 0 Å². The number of carbonyl (C=O) groups is 1. The largest absolute Gasteiger partial charge is 0.492 e. The summed E-state index contributed by atoms with van der Waals surface area (Å²) in [6.07, 6.45) is 0. The zero-order valence-electron chi connectivity index (χ0n) is 11.3. The fraction of sp³-hybridized carbons (Fsp3) is 0.417. The van der Waals surface area contributed by atoms with Gasteiger partial charge in [0.25, 0.3) is 0 Å². The molecule has 1 atom stereocenters. The second-order valence-electron chi connectivity index (χ2n) is 4.10. The highest BCUT2D eigenvalue weighted by molar-refractivity contribution is 7.89. The van der Waals surface area contributed by atoms with Crippen LogP contribution in [0.4, 0.5) is 5.69 Å². The molecule has 0 amide bonds. The molecule has 1 aromatic carbocycles. The van der Waals surface area contributed by atoms with Gasteiger partial charge < -0.3 is 15.2 Å². The highest BCUT2D eigenvalue weighted by Crippen LogP contribution is 2.12. The summed E-state index contributed by atoms with van der Waals surface area (Å²) in [6.45, 7) is 1.37. The molecule has 112 valence electrons. The average Bonchev–Trinajstić information content (AvgIpc) is 2.39. The van der Waals surface area contributed by atoms with Crippen LogP contribution in [0.2, 0.25) is 0 Å². The minimum Gasteiger partial charge on any atom is -0.492 e. The molecule has 1 unspecified atom stereocenters. The number of carbonyl (C=O) groups excluding carboxylic acids is 1. The van der Waals surface area contributed by atoms with E-state index in [0.29, 0.717) is 11.4 Å². The zero-order valence-corrected chi connectivity index (χ0v) is 12.1. The van der Waals surface area contributed by atoms with Gasteiger partial charge in [-0.25, -0.2) is 13.1 Å². The molecule has 0 heterocycles. The lowest BCUT2D eigenvalue weighted by atomic mass is 10.3. The van der Waals surface area contributed by atoms with E-state index in [2.05, 4.69) is 9.46 Å². The topological polar surface area (TPSA) is 108 Å². The summed E-state index contributed by atoms with van der Waals surface area (Å²) in [5, 5.41) is 0. The van der Waals surface area contributed by atoms with Crippen molar-refractivity contribution in [2.75, 3.05) is 25.2 Å². The van der Waals surface area contributed by atoms with Gasteiger partial charge in [0.2, 0.25) is 10.0 Å². The molecule has 1 aromatic rings. The Morgan fingerprint density at radius 1 is 1.35 bits per heavy atom. The first-order chi connectivity index (χ1) is 9.34. The van der Waals surface area contributed by atoms with Crippen LogP contribution in [0.25, 0.3) is 0 Å². The maximum atomic E-state index is 11.7. The molecular formula is C12H18N2O5S. The van der Waals surface area contributed by atoms with Crippen molar-refractivity contribution in [1.82, 2.24) is 4.72 Å². The second-order valence-corrected chi connectivity index (χ2v) is 5.97. The van der Waals surface area contributed by atoms with Crippen LogP contribution in [0.5, 0.6) is 5.75 Å². The van der Waals surface area contributed by atoms with E-state index in [9.17, 15) is 13.2 Å². The van der Waals surface area contributed by atoms with Gasteiger partial charge in [0.05, 0.1) is 12.9 Å². The SMILES string of the molecule is COC(=O)C(C)NS(=O)(=O)CCOc1ccc(N)cc1. The summed E-state index contributed by atoms with van der Waals surface area (Å²) >= 11 is 0. The van der Waals surface area contributed by atoms with Crippen molar-refractivity contribution < 1.29 is 22.7 Å². The number of methoxy groups -OCH3 is 1. The van der Waals surface area contributed by atoms with Crippen LogP contribution >= 0.6 is 0 Å². The summed E-state index contributed by atoms with van der Waals surface area (Å²) in [6, 6.07) is 5.67. The van der Waals surface area contributed by atoms with E-state index < -0.39 is 22.0 Å². The molecular weight excluding hydrogens is 284 g/mol. The number of nitrogen functional groups attached to an aromatic ring is 1. The molecule has 0 aliphatic heterocycles. The number of rotatable bonds is 7. The Labute approximate surface area is 118 Å². The number of hydrogen-bond acceptors (Lipinski definition) is 6. The third-order valence-electron chi connectivity index (χ3n) is 2.41. The van der Waals surface area contributed by atoms with Crippen molar-refractivity contribution >= 4 is 21.7 Å². The number of nitrogens with one attached hydrogen (secondary N) is 1. The van der Waals surface area contributed by atoms with Crippen LogP contribution in [-0.2, 0) is 19.6 Å². The molecule has 0 saturated carbocycles. The van der Waals surface area contributed by atoms with Crippen molar-refractivity contribution in [3.05, 3.63) is 24.3 Å². The number of nitrogens with two attached hydrogens (primary N) is 1. The summed E-state index contributed by atoms with van der Waals surface area (Å²) < 4.78 is 35.3. The maximum Gasteiger partial charge on any atom is 0.323 e. The quantitative estimate of drug-likeness (QED) is 0.547. The highest BCUT2D eigenvalue weighted by atomic mass is 32.2. The first kappa shape index (κ1) is 16.3. The van der Waals surface area contributed by atoms with Crippen LogP contribution in [0.3, 0.4) is 0 Å². The lowest BCUT2D eigenvalue weighted by Gasteiger charge is -2.12. The lowest BCUT2D eigenvalue weighted by Crippen LogP contribution is -2.41. The molecule has 0 spiro atoms. The molecule has 0 fully saturated rings. The maximum absolute atomic E-state index is 11.7. The lowest BCUT2D eigenvalue weighted by molar-refractivity contribution is -0.142. The van der Waals surface area contributed by atoms with Crippen molar-refractivity contribution in [2.45, 2.75) is 13.0 Å². The van der Waals surface area contributed by atoms with Crippen molar-refractivity contribution in [3.8, 4) is 5.75 Å². The van der Waals surface area contributed by atoms with Crippen molar-refractivity contribution in [3.63, 3.8) is 0 Å². The minimum absolute atomic E-state index is 0.0346. The van der Waals surface area contributed by atoms with E-state index in [4.69, 9.17) is 10.5 Å².